The predicted molar refractivity (Wildman–Crippen MR) is 109 cm³/mol. The highest BCUT2D eigenvalue weighted by Gasteiger charge is 2.14. The van der Waals surface area contributed by atoms with Crippen molar-refractivity contribution in [2.75, 3.05) is 0 Å². The maximum absolute atomic E-state index is 12.8. The summed E-state index contributed by atoms with van der Waals surface area (Å²) in [4.78, 5) is 17.7. The van der Waals surface area contributed by atoms with Crippen molar-refractivity contribution >= 4 is 10.9 Å². The number of quaternary nitrogens is 1. The Bertz CT molecular complexity index is 1150. The monoisotopic (exact) mass is 391 g/mol. The quantitative estimate of drug-likeness (QED) is 0.550. The third-order valence-corrected chi connectivity index (χ3v) is 4.90. The first kappa shape index (κ1) is 19.8. The van der Waals surface area contributed by atoms with Gasteiger partial charge in [0.1, 0.15) is 0 Å². The van der Waals surface area contributed by atoms with E-state index in [0.717, 1.165) is 34.4 Å². The van der Waals surface area contributed by atoms with E-state index in [1.807, 2.05) is 43.5 Å². The lowest BCUT2D eigenvalue weighted by molar-refractivity contribution is -0.386. The Labute approximate surface area is 170 Å². The van der Waals surface area contributed by atoms with Crippen molar-refractivity contribution < 1.29 is 18.1 Å². The Hall–Kier alpha value is -2.95. The summed E-state index contributed by atoms with van der Waals surface area (Å²) in [5.74, 6) is 0. The molecule has 2 aromatic carbocycles. The first-order chi connectivity index (χ1) is 13.2. The number of fused-ring (bicyclic) bond motifs is 1. The molecule has 28 heavy (non-hydrogen) atoms. The van der Waals surface area contributed by atoms with E-state index in [2.05, 4.69) is 42.1 Å². The zero-order valence-corrected chi connectivity index (χ0v) is 16.5. The van der Waals surface area contributed by atoms with Crippen LogP contribution in [-0.4, -0.2) is 9.55 Å². The van der Waals surface area contributed by atoms with Gasteiger partial charge in [0.2, 0.25) is 0 Å². The van der Waals surface area contributed by atoms with Crippen LogP contribution in [0.1, 0.15) is 12.5 Å². The van der Waals surface area contributed by atoms with Crippen LogP contribution < -0.4 is 23.7 Å². The van der Waals surface area contributed by atoms with E-state index in [4.69, 9.17) is 4.98 Å². The minimum atomic E-state index is -0.00126. The molecule has 0 bridgehead atoms. The first-order valence-electron chi connectivity index (χ1n) is 9.19. The van der Waals surface area contributed by atoms with Crippen molar-refractivity contribution in [1.82, 2.24) is 9.55 Å². The SMILES string of the molecule is CCn1ccc2nc(-c3ccc(C[NH3+])cc3)c(-c3ccccc3)cc2c1=O.[Cl-]. The fourth-order valence-electron chi connectivity index (χ4n) is 3.34. The standard InChI is InChI=1S/C23H21N3O.ClH/c1-2-26-13-12-21-20(23(26)27)14-19(17-6-4-3-5-7-17)22(25-21)18-10-8-16(15-24)9-11-18;/h3-14H,2,15,24H2,1H3;1H. The van der Waals surface area contributed by atoms with Crippen LogP contribution >= 0.6 is 0 Å². The third-order valence-electron chi connectivity index (χ3n) is 4.90. The summed E-state index contributed by atoms with van der Waals surface area (Å²) >= 11 is 0. The summed E-state index contributed by atoms with van der Waals surface area (Å²) in [6, 6.07) is 22.3. The number of aromatic nitrogens is 2. The molecule has 5 heteroatoms. The second-order valence-corrected chi connectivity index (χ2v) is 6.54. The van der Waals surface area contributed by atoms with Crippen LogP contribution in [-0.2, 0) is 13.1 Å². The highest BCUT2D eigenvalue weighted by Crippen LogP contribution is 2.32. The molecule has 0 spiro atoms. The first-order valence-corrected chi connectivity index (χ1v) is 9.19. The van der Waals surface area contributed by atoms with Gasteiger partial charge in [-0.2, -0.15) is 0 Å². The molecule has 2 aromatic heterocycles. The average molecular weight is 392 g/mol. The van der Waals surface area contributed by atoms with Crippen LogP contribution in [0.3, 0.4) is 0 Å². The van der Waals surface area contributed by atoms with E-state index in [1.165, 1.54) is 5.56 Å². The number of pyridine rings is 2. The van der Waals surface area contributed by atoms with Crippen molar-refractivity contribution in [3.8, 4) is 22.4 Å². The molecule has 0 aliphatic carbocycles. The lowest BCUT2D eigenvalue weighted by Crippen LogP contribution is -3.00. The molecule has 0 amide bonds. The van der Waals surface area contributed by atoms with Gasteiger partial charge in [0.15, 0.2) is 0 Å². The topological polar surface area (TPSA) is 62.5 Å². The van der Waals surface area contributed by atoms with Crippen molar-refractivity contribution in [1.29, 1.82) is 0 Å². The minimum absolute atomic E-state index is 0. The number of nitrogens with zero attached hydrogens (tertiary/aromatic N) is 2. The summed E-state index contributed by atoms with van der Waals surface area (Å²) in [6.07, 6.45) is 1.81. The van der Waals surface area contributed by atoms with E-state index < -0.39 is 0 Å². The summed E-state index contributed by atoms with van der Waals surface area (Å²) in [6.45, 7) is 3.37. The predicted octanol–water partition coefficient (Wildman–Crippen LogP) is 0.496. The van der Waals surface area contributed by atoms with Gasteiger partial charge in [0.05, 0.1) is 23.1 Å². The Morgan fingerprint density at radius 2 is 1.68 bits per heavy atom. The van der Waals surface area contributed by atoms with Gasteiger partial charge in [-0.3, -0.25) is 4.79 Å². The van der Waals surface area contributed by atoms with Gasteiger partial charge < -0.3 is 22.7 Å². The van der Waals surface area contributed by atoms with Gasteiger partial charge in [-0.15, -0.1) is 0 Å². The molecule has 142 valence electrons. The van der Waals surface area contributed by atoms with Crippen molar-refractivity contribution in [3.05, 3.63) is 88.8 Å². The summed E-state index contributed by atoms with van der Waals surface area (Å²) in [5.41, 5.74) is 9.79. The van der Waals surface area contributed by atoms with Crippen molar-refractivity contribution in [2.45, 2.75) is 20.0 Å². The van der Waals surface area contributed by atoms with Crippen LogP contribution in [0.5, 0.6) is 0 Å². The van der Waals surface area contributed by atoms with E-state index in [9.17, 15) is 4.79 Å². The summed E-state index contributed by atoms with van der Waals surface area (Å²) in [7, 11) is 0. The zero-order valence-electron chi connectivity index (χ0n) is 15.7. The van der Waals surface area contributed by atoms with E-state index in [0.29, 0.717) is 11.9 Å². The highest BCUT2D eigenvalue weighted by molar-refractivity contribution is 5.91. The molecular weight excluding hydrogens is 370 g/mol. The fraction of sp³-hybridized carbons (Fsp3) is 0.130. The van der Waals surface area contributed by atoms with Crippen molar-refractivity contribution in [3.63, 3.8) is 0 Å². The number of rotatable bonds is 4. The highest BCUT2D eigenvalue weighted by atomic mass is 35.5. The average Bonchev–Trinajstić information content (AvgIpc) is 2.74. The molecule has 2 heterocycles. The van der Waals surface area contributed by atoms with E-state index >= 15 is 0 Å². The zero-order chi connectivity index (χ0) is 18.8. The summed E-state index contributed by atoms with van der Waals surface area (Å²) in [5, 5.41) is 0.649. The maximum atomic E-state index is 12.8. The normalized spacial score (nSPS) is 10.6. The van der Waals surface area contributed by atoms with Gasteiger partial charge in [-0.05, 0) is 24.6 Å². The van der Waals surface area contributed by atoms with Gasteiger partial charge in [0.25, 0.3) is 5.56 Å². The molecule has 0 radical (unpaired) electrons. The Kier molecular flexibility index (Phi) is 5.93. The van der Waals surface area contributed by atoms with Crippen LogP contribution in [0.4, 0.5) is 0 Å². The molecule has 4 nitrogen and oxygen atoms in total. The second kappa shape index (κ2) is 8.38. The summed E-state index contributed by atoms with van der Waals surface area (Å²) < 4.78 is 1.71. The number of aryl methyl sites for hydroxylation is 1. The van der Waals surface area contributed by atoms with Crippen LogP contribution in [0.25, 0.3) is 33.3 Å². The molecule has 0 saturated carbocycles. The lowest BCUT2D eigenvalue weighted by Gasteiger charge is -2.12. The van der Waals surface area contributed by atoms with Gasteiger partial charge in [-0.25, -0.2) is 4.98 Å². The maximum Gasteiger partial charge on any atom is 0.260 e. The van der Waals surface area contributed by atoms with Crippen molar-refractivity contribution in [2.24, 2.45) is 0 Å². The Balaban J connectivity index is 0.00000225. The molecule has 4 aromatic rings. The number of hydrogen-bond donors (Lipinski definition) is 1. The number of hydrogen-bond acceptors (Lipinski definition) is 2. The van der Waals surface area contributed by atoms with Gasteiger partial charge in [-0.1, -0.05) is 54.6 Å². The second-order valence-electron chi connectivity index (χ2n) is 6.54. The smallest absolute Gasteiger partial charge is 0.260 e. The molecule has 0 fully saturated rings. The molecule has 0 saturated heterocycles. The van der Waals surface area contributed by atoms with E-state index in [-0.39, 0.29) is 18.0 Å². The van der Waals surface area contributed by atoms with Crippen LogP contribution in [0.15, 0.2) is 77.7 Å². The molecule has 4 rings (SSSR count). The molecule has 0 unspecified atom stereocenters. The third kappa shape index (κ3) is 3.57. The molecule has 0 aliphatic heterocycles. The van der Waals surface area contributed by atoms with Crippen LogP contribution in [0, 0.1) is 0 Å². The van der Waals surface area contributed by atoms with Crippen LogP contribution in [0.2, 0.25) is 0 Å². The van der Waals surface area contributed by atoms with E-state index in [1.54, 1.807) is 4.57 Å². The molecule has 0 atom stereocenters. The lowest BCUT2D eigenvalue weighted by atomic mass is 9.97. The Morgan fingerprint density at radius 1 is 0.964 bits per heavy atom. The molecule has 3 N–H and O–H groups in total. The van der Waals surface area contributed by atoms with Gasteiger partial charge in [0, 0.05) is 29.4 Å². The number of benzene rings is 2. The minimum Gasteiger partial charge on any atom is -1.00 e. The number of halogens is 1. The Morgan fingerprint density at radius 3 is 2.32 bits per heavy atom. The molecular formula is C23H22ClN3O. The largest absolute Gasteiger partial charge is 1.00 e. The molecule has 0 aliphatic rings. The fourth-order valence-corrected chi connectivity index (χ4v) is 3.34. The van der Waals surface area contributed by atoms with Gasteiger partial charge >= 0.3 is 0 Å².